The van der Waals surface area contributed by atoms with Crippen LogP contribution in [0.15, 0.2) is 30.5 Å². The maximum atomic E-state index is 12.9. The van der Waals surface area contributed by atoms with Gasteiger partial charge in [0, 0.05) is 12.6 Å². The van der Waals surface area contributed by atoms with Crippen molar-refractivity contribution in [1.29, 1.82) is 0 Å². The Bertz CT molecular complexity index is 845. The lowest BCUT2D eigenvalue weighted by atomic mass is 10.3. The molecule has 0 amide bonds. The smallest absolute Gasteiger partial charge is 0.343 e. The van der Waals surface area contributed by atoms with Crippen molar-refractivity contribution in [3.8, 4) is 0 Å². The van der Waals surface area contributed by atoms with E-state index >= 15 is 0 Å². The SMILES string of the molecule is Cc1ncc([N+](=O)[O-])n1Cc1nnc(Nc2ccc(F)cc2)s1. The highest BCUT2D eigenvalue weighted by Crippen LogP contribution is 2.23. The molecule has 0 saturated heterocycles. The molecule has 0 atom stereocenters. The summed E-state index contributed by atoms with van der Waals surface area (Å²) in [7, 11) is 0. The monoisotopic (exact) mass is 334 g/mol. The molecule has 0 aliphatic carbocycles. The third-order valence-electron chi connectivity index (χ3n) is 3.08. The van der Waals surface area contributed by atoms with Gasteiger partial charge in [0.05, 0.1) is 0 Å². The first-order valence-corrected chi connectivity index (χ1v) is 7.36. The fraction of sp³-hybridized carbons (Fsp3) is 0.154. The molecular weight excluding hydrogens is 323 g/mol. The van der Waals surface area contributed by atoms with Gasteiger partial charge in [-0.05, 0) is 29.2 Å². The molecule has 23 heavy (non-hydrogen) atoms. The van der Waals surface area contributed by atoms with Crippen LogP contribution >= 0.6 is 11.3 Å². The number of aryl methyl sites for hydroxylation is 1. The number of anilines is 2. The largest absolute Gasteiger partial charge is 0.358 e. The summed E-state index contributed by atoms with van der Waals surface area (Å²) in [6.45, 7) is 1.90. The molecule has 0 aliphatic heterocycles. The topological polar surface area (TPSA) is 98.8 Å². The van der Waals surface area contributed by atoms with Crippen LogP contribution in [0.1, 0.15) is 10.8 Å². The molecule has 0 bridgehead atoms. The maximum Gasteiger partial charge on any atom is 0.343 e. The number of nitrogens with zero attached hydrogens (tertiary/aromatic N) is 5. The Morgan fingerprint density at radius 1 is 1.35 bits per heavy atom. The molecule has 10 heteroatoms. The molecule has 0 aliphatic rings. The van der Waals surface area contributed by atoms with Crippen LogP contribution < -0.4 is 5.32 Å². The molecule has 0 spiro atoms. The summed E-state index contributed by atoms with van der Waals surface area (Å²) in [6, 6.07) is 5.84. The molecule has 1 N–H and O–H groups in total. The summed E-state index contributed by atoms with van der Waals surface area (Å²) in [5.41, 5.74) is 0.680. The first kappa shape index (κ1) is 15.0. The first-order valence-electron chi connectivity index (χ1n) is 6.54. The van der Waals surface area contributed by atoms with Gasteiger partial charge in [0.2, 0.25) is 5.13 Å². The highest BCUT2D eigenvalue weighted by Gasteiger charge is 2.19. The number of hydrogen-bond donors (Lipinski definition) is 1. The molecule has 0 fully saturated rings. The highest BCUT2D eigenvalue weighted by molar-refractivity contribution is 7.15. The van der Waals surface area contributed by atoms with Crippen LogP contribution in [0.2, 0.25) is 0 Å². The van der Waals surface area contributed by atoms with E-state index in [1.165, 1.54) is 34.2 Å². The second-order valence-electron chi connectivity index (χ2n) is 4.64. The molecule has 8 nitrogen and oxygen atoms in total. The molecule has 3 aromatic rings. The van der Waals surface area contributed by atoms with Gasteiger partial charge in [-0.25, -0.2) is 13.9 Å². The Hall–Kier alpha value is -2.88. The minimum Gasteiger partial charge on any atom is -0.358 e. The highest BCUT2D eigenvalue weighted by atomic mass is 32.1. The van der Waals surface area contributed by atoms with Crippen molar-refractivity contribution in [3.05, 3.63) is 57.2 Å². The molecule has 0 unspecified atom stereocenters. The average Bonchev–Trinajstić information content (AvgIpc) is 3.10. The van der Waals surface area contributed by atoms with E-state index in [-0.39, 0.29) is 18.2 Å². The van der Waals surface area contributed by atoms with Crippen LogP contribution in [0.4, 0.5) is 21.0 Å². The van der Waals surface area contributed by atoms with Crippen LogP contribution in [0.25, 0.3) is 0 Å². The fourth-order valence-corrected chi connectivity index (χ4v) is 2.71. The van der Waals surface area contributed by atoms with Crippen molar-refractivity contribution >= 4 is 28.0 Å². The van der Waals surface area contributed by atoms with Gasteiger partial charge in [0.25, 0.3) is 0 Å². The third-order valence-corrected chi connectivity index (χ3v) is 3.90. The van der Waals surface area contributed by atoms with Crippen molar-refractivity contribution in [3.63, 3.8) is 0 Å². The van der Waals surface area contributed by atoms with Gasteiger partial charge in [0.1, 0.15) is 18.6 Å². The van der Waals surface area contributed by atoms with E-state index in [1.807, 2.05) is 0 Å². The molecular formula is C13H11FN6O2S. The van der Waals surface area contributed by atoms with Gasteiger partial charge >= 0.3 is 5.82 Å². The quantitative estimate of drug-likeness (QED) is 0.569. The predicted molar refractivity (Wildman–Crippen MR) is 82.3 cm³/mol. The summed E-state index contributed by atoms with van der Waals surface area (Å²) in [4.78, 5) is 14.4. The van der Waals surface area contributed by atoms with Crippen molar-refractivity contribution in [2.45, 2.75) is 13.5 Å². The Morgan fingerprint density at radius 2 is 2.09 bits per heavy atom. The summed E-state index contributed by atoms with van der Waals surface area (Å²) in [5, 5.41) is 23.1. The number of imidazole rings is 1. The van der Waals surface area contributed by atoms with E-state index in [2.05, 4.69) is 20.5 Å². The molecule has 0 saturated carbocycles. The molecule has 1 aromatic carbocycles. The standard InChI is InChI=1S/C13H11FN6O2S/c1-8-15-6-12(20(21)22)19(8)7-11-17-18-13(23-11)16-10-4-2-9(14)3-5-10/h2-6H,7H2,1H3,(H,16,18). The number of rotatable bonds is 5. The molecule has 118 valence electrons. The molecule has 0 radical (unpaired) electrons. The number of hydrogen-bond acceptors (Lipinski definition) is 7. The summed E-state index contributed by atoms with van der Waals surface area (Å²) in [5.74, 6) is 0.113. The van der Waals surface area contributed by atoms with Crippen molar-refractivity contribution in [2.75, 3.05) is 5.32 Å². The third kappa shape index (κ3) is 3.31. The van der Waals surface area contributed by atoms with Gasteiger partial charge in [0.15, 0.2) is 10.8 Å². The van der Waals surface area contributed by atoms with Crippen LogP contribution in [-0.2, 0) is 6.54 Å². The van der Waals surface area contributed by atoms with E-state index in [4.69, 9.17) is 0 Å². The van der Waals surface area contributed by atoms with Gasteiger partial charge < -0.3 is 15.4 Å². The number of benzene rings is 1. The van der Waals surface area contributed by atoms with Crippen LogP contribution in [0, 0.1) is 22.9 Å². The van der Waals surface area contributed by atoms with Gasteiger partial charge in [-0.2, -0.15) is 0 Å². The summed E-state index contributed by atoms with van der Waals surface area (Å²) >= 11 is 1.26. The zero-order valence-electron chi connectivity index (χ0n) is 11.9. The Balaban J connectivity index is 1.76. The number of nitro groups is 1. The maximum absolute atomic E-state index is 12.9. The predicted octanol–water partition coefficient (Wildman–Crippen LogP) is 2.88. The van der Waals surface area contributed by atoms with Crippen LogP contribution in [0.5, 0.6) is 0 Å². The Morgan fingerprint density at radius 3 is 2.78 bits per heavy atom. The van der Waals surface area contributed by atoms with Gasteiger partial charge in [-0.15, -0.1) is 10.2 Å². The van der Waals surface area contributed by atoms with E-state index in [1.54, 1.807) is 19.1 Å². The fourth-order valence-electron chi connectivity index (χ4n) is 1.96. The van der Waals surface area contributed by atoms with Crippen LogP contribution in [0.3, 0.4) is 0 Å². The number of halogens is 1. The summed E-state index contributed by atoms with van der Waals surface area (Å²) in [6.07, 6.45) is 1.22. The normalized spacial score (nSPS) is 10.7. The minimum absolute atomic E-state index is 0.0919. The van der Waals surface area contributed by atoms with Crippen molar-refractivity contribution in [1.82, 2.24) is 19.7 Å². The Labute approximate surface area is 133 Å². The lowest BCUT2D eigenvalue weighted by molar-refractivity contribution is -0.392. The second kappa shape index (κ2) is 6.08. The molecule has 2 aromatic heterocycles. The van der Waals surface area contributed by atoms with E-state index < -0.39 is 4.92 Å². The zero-order valence-corrected chi connectivity index (χ0v) is 12.7. The lowest BCUT2D eigenvalue weighted by Gasteiger charge is -2.00. The van der Waals surface area contributed by atoms with Crippen molar-refractivity contribution in [2.24, 2.45) is 0 Å². The van der Waals surface area contributed by atoms with E-state index in [0.29, 0.717) is 21.7 Å². The number of nitrogens with one attached hydrogen (secondary N) is 1. The van der Waals surface area contributed by atoms with Gasteiger partial charge in [-0.3, -0.25) is 0 Å². The number of aromatic nitrogens is 4. The second-order valence-corrected chi connectivity index (χ2v) is 5.70. The molecule has 2 heterocycles. The Kier molecular flexibility index (Phi) is 3.98. The summed E-state index contributed by atoms with van der Waals surface area (Å²) < 4.78 is 14.3. The average molecular weight is 334 g/mol. The minimum atomic E-state index is -0.487. The lowest BCUT2D eigenvalue weighted by Crippen LogP contribution is -2.05. The van der Waals surface area contributed by atoms with Gasteiger partial charge in [-0.1, -0.05) is 11.3 Å². The first-order chi connectivity index (χ1) is 11.0. The van der Waals surface area contributed by atoms with E-state index in [9.17, 15) is 14.5 Å². The zero-order chi connectivity index (χ0) is 16.4. The van der Waals surface area contributed by atoms with Crippen LogP contribution in [-0.4, -0.2) is 24.7 Å². The van der Waals surface area contributed by atoms with Crippen molar-refractivity contribution < 1.29 is 9.31 Å². The molecule has 3 rings (SSSR count). The van der Waals surface area contributed by atoms with E-state index in [0.717, 1.165) is 0 Å².